The standard InChI is InChI=1S/C25H27N5O2/c1-19-7-9-20(10-8-19)21-17-22(23-5-4-16-32-23)30(27-21)18-25(31)29-14-12-28(13-15-29)24-6-2-3-11-26-24/h2-11,16,22H,12-15,17-18H2,1H3/t22-/m1/s1. The summed E-state index contributed by atoms with van der Waals surface area (Å²) >= 11 is 0. The monoisotopic (exact) mass is 429 g/mol. The molecule has 1 saturated heterocycles. The van der Waals surface area contributed by atoms with Crippen molar-refractivity contribution in [3.63, 3.8) is 0 Å². The lowest BCUT2D eigenvalue weighted by Crippen LogP contribution is -2.51. The Morgan fingerprint density at radius 3 is 2.53 bits per heavy atom. The Labute approximate surface area is 188 Å². The average molecular weight is 430 g/mol. The summed E-state index contributed by atoms with van der Waals surface area (Å²) < 4.78 is 5.69. The number of aryl methyl sites for hydroxylation is 1. The van der Waals surface area contributed by atoms with E-state index in [1.165, 1.54) is 5.56 Å². The van der Waals surface area contributed by atoms with Crippen LogP contribution in [0.3, 0.4) is 0 Å². The number of nitrogens with zero attached hydrogens (tertiary/aromatic N) is 5. The molecule has 1 atom stereocenters. The molecule has 0 aliphatic carbocycles. The first kappa shape index (κ1) is 20.3. The average Bonchev–Trinajstić information content (AvgIpc) is 3.50. The van der Waals surface area contributed by atoms with Crippen molar-refractivity contribution >= 4 is 17.4 Å². The van der Waals surface area contributed by atoms with Gasteiger partial charge in [-0.25, -0.2) is 4.98 Å². The summed E-state index contributed by atoms with van der Waals surface area (Å²) in [5.74, 6) is 1.89. The smallest absolute Gasteiger partial charge is 0.244 e. The molecule has 0 spiro atoms. The van der Waals surface area contributed by atoms with Gasteiger partial charge in [0.2, 0.25) is 5.91 Å². The summed E-state index contributed by atoms with van der Waals surface area (Å²) in [4.78, 5) is 21.7. The highest BCUT2D eigenvalue weighted by atomic mass is 16.3. The number of amides is 1. The van der Waals surface area contributed by atoms with Crippen molar-refractivity contribution in [2.24, 2.45) is 5.10 Å². The van der Waals surface area contributed by atoms with Crippen LogP contribution in [0.15, 0.2) is 76.6 Å². The van der Waals surface area contributed by atoms with Crippen molar-refractivity contribution < 1.29 is 9.21 Å². The van der Waals surface area contributed by atoms with Gasteiger partial charge in [-0.1, -0.05) is 35.9 Å². The molecule has 0 radical (unpaired) electrons. The maximum absolute atomic E-state index is 13.2. The first-order valence-electron chi connectivity index (χ1n) is 11.1. The van der Waals surface area contributed by atoms with E-state index in [4.69, 9.17) is 9.52 Å². The fourth-order valence-electron chi connectivity index (χ4n) is 4.31. The summed E-state index contributed by atoms with van der Waals surface area (Å²) in [6.07, 6.45) is 4.20. The second-order valence-corrected chi connectivity index (χ2v) is 8.30. The van der Waals surface area contributed by atoms with Crippen LogP contribution in [0.25, 0.3) is 0 Å². The zero-order chi connectivity index (χ0) is 21.9. The van der Waals surface area contributed by atoms with Gasteiger partial charge in [-0.15, -0.1) is 0 Å². The Morgan fingerprint density at radius 1 is 1.03 bits per heavy atom. The van der Waals surface area contributed by atoms with E-state index in [0.717, 1.165) is 42.4 Å². The molecule has 5 rings (SSSR count). The molecule has 7 nitrogen and oxygen atoms in total. The highest BCUT2D eigenvalue weighted by molar-refractivity contribution is 6.02. The Kier molecular flexibility index (Phi) is 5.62. The van der Waals surface area contributed by atoms with Gasteiger partial charge in [-0.3, -0.25) is 9.80 Å². The maximum Gasteiger partial charge on any atom is 0.244 e. The van der Waals surface area contributed by atoms with Crippen molar-refractivity contribution in [3.8, 4) is 0 Å². The molecule has 32 heavy (non-hydrogen) atoms. The van der Waals surface area contributed by atoms with Crippen LogP contribution in [0, 0.1) is 6.92 Å². The highest BCUT2D eigenvalue weighted by Gasteiger charge is 2.33. The predicted molar refractivity (Wildman–Crippen MR) is 124 cm³/mol. The summed E-state index contributed by atoms with van der Waals surface area (Å²) in [6, 6.07) is 18.1. The molecule has 4 heterocycles. The minimum absolute atomic E-state index is 0.0694. The van der Waals surface area contributed by atoms with Gasteiger partial charge in [0.1, 0.15) is 24.2 Å². The number of anilines is 1. The fourth-order valence-corrected chi connectivity index (χ4v) is 4.31. The van der Waals surface area contributed by atoms with E-state index in [1.807, 2.05) is 40.2 Å². The lowest BCUT2D eigenvalue weighted by Gasteiger charge is -2.36. The lowest BCUT2D eigenvalue weighted by atomic mass is 10.0. The van der Waals surface area contributed by atoms with Crippen molar-refractivity contribution in [1.82, 2.24) is 14.9 Å². The van der Waals surface area contributed by atoms with Crippen LogP contribution in [0.2, 0.25) is 0 Å². The number of hydrogen-bond acceptors (Lipinski definition) is 6. The minimum atomic E-state index is -0.0694. The van der Waals surface area contributed by atoms with Crippen LogP contribution in [0.1, 0.15) is 29.3 Å². The number of rotatable bonds is 5. The Hall–Kier alpha value is -3.61. The fraction of sp³-hybridized carbons (Fsp3) is 0.320. The minimum Gasteiger partial charge on any atom is -0.467 e. The van der Waals surface area contributed by atoms with E-state index in [2.05, 4.69) is 41.1 Å². The number of hydrogen-bond donors (Lipinski definition) is 0. The number of carbonyl (C=O) groups excluding carboxylic acids is 1. The third-order valence-corrected chi connectivity index (χ3v) is 6.15. The van der Waals surface area contributed by atoms with Crippen molar-refractivity contribution in [2.45, 2.75) is 19.4 Å². The van der Waals surface area contributed by atoms with Crippen molar-refractivity contribution in [2.75, 3.05) is 37.6 Å². The van der Waals surface area contributed by atoms with E-state index in [0.29, 0.717) is 13.1 Å². The second-order valence-electron chi connectivity index (χ2n) is 8.30. The number of piperazine rings is 1. The summed E-state index contributed by atoms with van der Waals surface area (Å²) in [5, 5.41) is 6.74. The van der Waals surface area contributed by atoms with Gasteiger partial charge in [0.15, 0.2) is 0 Å². The predicted octanol–water partition coefficient (Wildman–Crippen LogP) is 3.48. The quantitative estimate of drug-likeness (QED) is 0.621. The van der Waals surface area contributed by atoms with Gasteiger partial charge in [0, 0.05) is 38.8 Å². The molecule has 7 heteroatoms. The molecule has 2 aliphatic rings. The molecule has 0 unspecified atom stereocenters. The van der Waals surface area contributed by atoms with Crippen LogP contribution in [0.4, 0.5) is 5.82 Å². The summed E-state index contributed by atoms with van der Waals surface area (Å²) in [5.41, 5.74) is 3.29. The number of pyridine rings is 1. The maximum atomic E-state index is 13.2. The normalized spacial score (nSPS) is 18.7. The van der Waals surface area contributed by atoms with Gasteiger partial charge < -0.3 is 14.2 Å². The van der Waals surface area contributed by atoms with Crippen LogP contribution in [0.5, 0.6) is 0 Å². The summed E-state index contributed by atoms with van der Waals surface area (Å²) in [7, 11) is 0. The van der Waals surface area contributed by atoms with Gasteiger partial charge in [0.25, 0.3) is 0 Å². The van der Waals surface area contributed by atoms with Gasteiger partial charge in [-0.05, 0) is 36.8 Å². The van der Waals surface area contributed by atoms with Crippen molar-refractivity contribution in [3.05, 3.63) is 83.9 Å². The number of hydrazone groups is 1. The van der Waals surface area contributed by atoms with Crippen LogP contribution < -0.4 is 4.90 Å². The van der Waals surface area contributed by atoms with E-state index >= 15 is 0 Å². The molecule has 1 amide bonds. The number of carbonyl (C=O) groups is 1. The molecular weight excluding hydrogens is 402 g/mol. The van der Waals surface area contributed by atoms with Crippen LogP contribution in [-0.4, -0.2) is 59.2 Å². The first-order valence-corrected chi connectivity index (χ1v) is 11.1. The number of aromatic nitrogens is 1. The Morgan fingerprint density at radius 2 is 1.84 bits per heavy atom. The molecule has 0 saturated carbocycles. The van der Waals surface area contributed by atoms with E-state index < -0.39 is 0 Å². The molecule has 2 aromatic heterocycles. The molecular formula is C25H27N5O2. The zero-order valence-corrected chi connectivity index (χ0v) is 18.2. The SMILES string of the molecule is Cc1ccc(C2=NN(CC(=O)N3CCN(c4ccccn4)CC3)[C@@H](c3ccco3)C2)cc1. The lowest BCUT2D eigenvalue weighted by molar-refractivity contribution is -0.133. The third kappa shape index (κ3) is 4.23. The molecule has 3 aromatic rings. The molecule has 0 bridgehead atoms. The highest BCUT2D eigenvalue weighted by Crippen LogP contribution is 2.33. The van der Waals surface area contributed by atoms with Gasteiger partial charge in [-0.2, -0.15) is 5.10 Å². The molecule has 0 N–H and O–H groups in total. The van der Waals surface area contributed by atoms with Crippen molar-refractivity contribution in [1.29, 1.82) is 0 Å². The van der Waals surface area contributed by atoms with Gasteiger partial charge in [0.05, 0.1) is 12.0 Å². The summed E-state index contributed by atoms with van der Waals surface area (Å²) in [6.45, 7) is 5.24. The number of benzene rings is 1. The Bertz CT molecular complexity index is 1070. The van der Waals surface area contributed by atoms with Crippen LogP contribution >= 0.6 is 0 Å². The number of furan rings is 1. The third-order valence-electron chi connectivity index (χ3n) is 6.15. The van der Waals surface area contributed by atoms with E-state index in [9.17, 15) is 4.79 Å². The molecule has 164 valence electrons. The Balaban J connectivity index is 1.27. The molecule has 1 fully saturated rings. The van der Waals surface area contributed by atoms with E-state index in [1.54, 1.807) is 12.5 Å². The first-order chi connectivity index (χ1) is 15.7. The second kappa shape index (κ2) is 8.86. The molecule has 2 aliphatic heterocycles. The van der Waals surface area contributed by atoms with Crippen LogP contribution in [-0.2, 0) is 4.79 Å². The zero-order valence-electron chi connectivity index (χ0n) is 18.2. The van der Waals surface area contributed by atoms with Gasteiger partial charge >= 0.3 is 0 Å². The van der Waals surface area contributed by atoms with E-state index in [-0.39, 0.29) is 18.5 Å². The topological polar surface area (TPSA) is 65.2 Å². The molecule has 1 aromatic carbocycles. The largest absolute Gasteiger partial charge is 0.467 e.